The van der Waals surface area contributed by atoms with Gasteiger partial charge in [0, 0.05) is 13.7 Å². The van der Waals surface area contributed by atoms with Crippen molar-refractivity contribution in [1.29, 1.82) is 0 Å². The van der Waals surface area contributed by atoms with E-state index in [2.05, 4.69) is 10.3 Å². The fourth-order valence-electron chi connectivity index (χ4n) is 2.44. The Morgan fingerprint density at radius 1 is 1.24 bits per heavy atom. The van der Waals surface area contributed by atoms with Crippen LogP contribution in [0.3, 0.4) is 0 Å². The molecule has 2 aromatic carbocycles. The SMILES string of the molecule is COCCn1c(SCC(=O)Nc2ccccc2F)nc2ccccc21. The molecule has 3 aromatic rings. The van der Waals surface area contributed by atoms with E-state index in [1.54, 1.807) is 19.2 Å². The summed E-state index contributed by atoms with van der Waals surface area (Å²) in [6.07, 6.45) is 0. The minimum atomic E-state index is -0.451. The Bertz CT molecular complexity index is 882. The van der Waals surface area contributed by atoms with Crippen molar-refractivity contribution in [3.8, 4) is 0 Å². The number of hydrogen-bond donors (Lipinski definition) is 1. The summed E-state index contributed by atoms with van der Waals surface area (Å²) in [6.45, 7) is 1.20. The van der Waals surface area contributed by atoms with Gasteiger partial charge in [-0.3, -0.25) is 4.79 Å². The predicted octanol–water partition coefficient (Wildman–Crippen LogP) is 3.55. The molecule has 0 saturated heterocycles. The number of halogens is 1. The molecular formula is C18H18FN3O2S. The topological polar surface area (TPSA) is 56.1 Å². The number of ether oxygens (including phenoxy) is 1. The number of aromatic nitrogens is 2. The van der Waals surface area contributed by atoms with Crippen LogP contribution >= 0.6 is 11.8 Å². The molecule has 0 aliphatic rings. The quantitative estimate of drug-likeness (QED) is 0.656. The summed E-state index contributed by atoms with van der Waals surface area (Å²) < 4.78 is 20.8. The summed E-state index contributed by atoms with van der Waals surface area (Å²) in [4.78, 5) is 16.7. The van der Waals surface area contributed by atoms with Crippen LogP contribution in [0.25, 0.3) is 11.0 Å². The normalized spacial score (nSPS) is 11.0. The van der Waals surface area contributed by atoms with Gasteiger partial charge in [0.2, 0.25) is 5.91 Å². The van der Waals surface area contributed by atoms with Crippen molar-refractivity contribution in [3.63, 3.8) is 0 Å². The van der Waals surface area contributed by atoms with Crippen molar-refractivity contribution in [2.45, 2.75) is 11.7 Å². The third-order valence-electron chi connectivity index (χ3n) is 3.62. The average molecular weight is 359 g/mol. The number of hydrogen-bond acceptors (Lipinski definition) is 4. The van der Waals surface area contributed by atoms with Crippen molar-refractivity contribution in [2.75, 3.05) is 24.8 Å². The van der Waals surface area contributed by atoms with Gasteiger partial charge >= 0.3 is 0 Å². The second-order valence-electron chi connectivity index (χ2n) is 5.34. The van der Waals surface area contributed by atoms with Crippen LogP contribution in [-0.4, -0.2) is 34.9 Å². The van der Waals surface area contributed by atoms with E-state index < -0.39 is 5.82 Å². The van der Waals surface area contributed by atoms with Crippen molar-refractivity contribution >= 4 is 34.4 Å². The molecule has 130 valence electrons. The second-order valence-corrected chi connectivity index (χ2v) is 6.29. The molecule has 0 aliphatic carbocycles. The van der Waals surface area contributed by atoms with Gasteiger partial charge in [0.1, 0.15) is 5.82 Å². The van der Waals surface area contributed by atoms with Gasteiger partial charge in [-0.2, -0.15) is 0 Å². The first-order valence-corrected chi connectivity index (χ1v) is 8.79. The molecule has 5 nitrogen and oxygen atoms in total. The van der Waals surface area contributed by atoms with E-state index in [-0.39, 0.29) is 17.3 Å². The number of methoxy groups -OCH3 is 1. The molecule has 3 rings (SSSR count). The molecule has 0 radical (unpaired) electrons. The highest BCUT2D eigenvalue weighted by molar-refractivity contribution is 7.99. The summed E-state index contributed by atoms with van der Waals surface area (Å²) in [5.41, 5.74) is 2.05. The number of carbonyl (C=O) groups excluding carboxylic acids is 1. The number of amides is 1. The standard InChI is InChI=1S/C18H18FN3O2S/c1-24-11-10-22-16-9-5-4-8-15(16)21-18(22)25-12-17(23)20-14-7-3-2-6-13(14)19/h2-9H,10-12H2,1H3,(H,20,23). The van der Waals surface area contributed by atoms with E-state index in [1.165, 1.54) is 23.9 Å². The molecule has 0 saturated carbocycles. The molecule has 0 aliphatic heterocycles. The van der Waals surface area contributed by atoms with E-state index in [0.29, 0.717) is 13.2 Å². The van der Waals surface area contributed by atoms with Crippen LogP contribution in [-0.2, 0) is 16.1 Å². The zero-order valence-corrected chi connectivity index (χ0v) is 14.6. The minimum Gasteiger partial charge on any atom is -0.383 e. The Kier molecular flexibility index (Phi) is 5.67. The number of rotatable bonds is 7. The third-order valence-corrected chi connectivity index (χ3v) is 4.60. The highest BCUT2D eigenvalue weighted by Crippen LogP contribution is 2.24. The summed E-state index contributed by atoms with van der Waals surface area (Å²) in [7, 11) is 1.65. The number of nitrogens with zero attached hydrogens (tertiary/aromatic N) is 2. The van der Waals surface area contributed by atoms with E-state index in [4.69, 9.17) is 4.74 Å². The van der Waals surface area contributed by atoms with Gasteiger partial charge < -0.3 is 14.6 Å². The van der Waals surface area contributed by atoms with Crippen LogP contribution < -0.4 is 5.32 Å². The summed E-state index contributed by atoms with van der Waals surface area (Å²) in [5, 5.41) is 3.32. The minimum absolute atomic E-state index is 0.143. The third kappa shape index (κ3) is 4.18. The number of imidazole rings is 1. The number of nitrogens with one attached hydrogen (secondary N) is 1. The van der Waals surface area contributed by atoms with Gasteiger partial charge in [-0.1, -0.05) is 36.0 Å². The number of thioether (sulfide) groups is 1. The average Bonchev–Trinajstić information content (AvgIpc) is 2.98. The molecule has 0 fully saturated rings. The fraction of sp³-hybridized carbons (Fsp3) is 0.222. The Balaban J connectivity index is 1.72. The molecule has 0 spiro atoms. The monoisotopic (exact) mass is 359 g/mol. The Morgan fingerprint density at radius 2 is 2.00 bits per heavy atom. The first kappa shape index (κ1) is 17.4. The molecular weight excluding hydrogens is 341 g/mol. The summed E-state index contributed by atoms with van der Waals surface area (Å²) in [6, 6.07) is 13.9. The highest BCUT2D eigenvalue weighted by Gasteiger charge is 2.13. The van der Waals surface area contributed by atoms with E-state index in [0.717, 1.165) is 16.2 Å². The fourth-order valence-corrected chi connectivity index (χ4v) is 3.28. The van der Waals surface area contributed by atoms with Crippen molar-refractivity contribution in [3.05, 3.63) is 54.3 Å². The van der Waals surface area contributed by atoms with Crippen molar-refractivity contribution in [2.24, 2.45) is 0 Å². The summed E-state index contributed by atoms with van der Waals surface area (Å²) >= 11 is 1.32. The molecule has 0 unspecified atom stereocenters. The Morgan fingerprint density at radius 3 is 2.80 bits per heavy atom. The lowest BCUT2D eigenvalue weighted by molar-refractivity contribution is -0.113. The van der Waals surface area contributed by atoms with Crippen LogP contribution in [0.15, 0.2) is 53.7 Å². The molecule has 1 heterocycles. The van der Waals surface area contributed by atoms with Crippen LogP contribution in [0.1, 0.15) is 0 Å². The van der Waals surface area contributed by atoms with Gasteiger partial charge in [0.15, 0.2) is 5.16 Å². The number of fused-ring (bicyclic) bond motifs is 1. The maximum absolute atomic E-state index is 13.6. The first-order valence-electron chi connectivity index (χ1n) is 7.80. The lowest BCUT2D eigenvalue weighted by Gasteiger charge is -2.09. The molecule has 1 amide bonds. The van der Waals surface area contributed by atoms with Crippen molar-refractivity contribution < 1.29 is 13.9 Å². The van der Waals surface area contributed by atoms with Gasteiger partial charge in [0.25, 0.3) is 0 Å². The number of benzene rings is 2. The molecule has 1 aromatic heterocycles. The van der Waals surface area contributed by atoms with Gasteiger partial charge in [-0.25, -0.2) is 9.37 Å². The van der Waals surface area contributed by atoms with Crippen molar-refractivity contribution in [1.82, 2.24) is 9.55 Å². The summed E-state index contributed by atoms with van der Waals surface area (Å²) in [5.74, 6) is -0.585. The predicted molar refractivity (Wildman–Crippen MR) is 97.4 cm³/mol. The smallest absolute Gasteiger partial charge is 0.234 e. The van der Waals surface area contributed by atoms with Crippen LogP contribution in [0.5, 0.6) is 0 Å². The molecule has 0 bridgehead atoms. The largest absolute Gasteiger partial charge is 0.383 e. The number of carbonyl (C=O) groups is 1. The lowest BCUT2D eigenvalue weighted by atomic mass is 10.3. The van der Waals surface area contributed by atoms with Crippen LogP contribution in [0, 0.1) is 5.82 Å². The maximum atomic E-state index is 13.6. The van der Waals surface area contributed by atoms with Crippen LogP contribution in [0.4, 0.5) is 10.1 Å². The van der Waals surface area contributed by atoms with Gasteiger partial charge in [-0.15, -0.1) is 0 Å². The van der Waals surface area contributed by atoms with E-state index >= 15 is 0 Å². The first-order chi connectivity index (χ1) is 12.2. The van der Waals surface area contributed by atoms with Crippen LogP contribution in [0.2, 0.25) is 0 Å². The Hall–Kier alpha value is -2.38. The lowest BCUT2D eigenvalue weighted by Crippen LogP contribution is -2.15. The molecule has 0 atom stereocenters. The zero-order valence-electron chi connectivity index (χ0n) is 13.7. The second kappa shape index (κ2) is 8.13. The highest BCUT2D eigenvalue weighted by atomic mass is 32.2. The maximum Gasteiger partial charge on any atom is 0.234 e. The van der Waals surface area contributed by atoms with E-state index in [1.807, 2.05) is 28.8 Å². The molecule has 25 heavy (non-hydrogen) atoms. The van der Waals surface area contributed by atoms with Gasteiger partial charge in [0.05, 0.1) is 29.1 Å². The number of para-hydroxylation sites is 3. The molecule has 1 N–H and O–H groups in total. The van der Waals surface area contributed by atoms with Gasteiger partial charge in [-0.05, 0) is 24.3 Å². The zero-order chi connectivity index (χ0) is 17.6. The Labute approximate surface area is 149 Å². The van der Waals surface area contributed by atoms with E-state index in [9.17, 15) is 9.18 Å². The molecule has 7 heteroatoms. The number of anilines is 1.